The second-order valence-corrected chi connectivity index (χ2v) is 8.30. The Morgan fingerprint density at radius 3 is 2.07 bits per heavy atom. The van der Waals surface area contributed by atoms with Gasteiger partial charge in [-0.3, -0.25) is 9.69 Å². The van der Waals surface area contributed by atoms with E-state index in [1.807, 2.05) is 31.4 Å². The fraction of sp³-hybridized carbons (Fsp3) is 0.333. The molecule has 0 atom stereocenters. The minimum Gasteiger partial charge on any atom is -0.338 e. The molecule has 0 aliphatic rings. The highest BCUT2D eigenvalue weighted by Gasteiger charge is 2.17. The maximum absolute atomic E-state index is 13.3. The molecular formula is C24H28FN3OS. The fourth-order valence-corrected chi connectivity index (χ4v) is 4.12. The van der Waals surface area contributed by atoms with Crippen molar-refractivity contribution in [2.24, 2.45) is 0 Å². The van der Waals surface area contributed by atoms with Crippen molar-refractivity contribution in [2.45, 2.75) is 40.4 Å². The van der Waals surface area contributed by atoms with Crippen molar-refractivity contribution in [3.8, 4) is 0 Å². The average molecular weight is 426 g/mol. The van der Waals surface area contributed by atoms with E-state index in [1.54, 1.807) is 4.90 Å². The molecule has 0 saturated heterocycles. The predicted octanol–water partition coefficient (Wildman–Crippen LogP) is 5.28. The van der Waals surface area contributed by atoms with Crippen LogP contribution < -0.4 is 0 Å². The second-order valence-electron chi connectivity index (χ2n) is 7.36. The monoisotopic (exact) mass is 425 g/mol. The van der Waals surface area contributed by atoms with Gasteiger partial charge >= 0.3 is 0 Å². The minimum absolute atomic E-state index is 0.0221. The number of carbonyl (C=O) groups excluding carboxylic acids is 1. The molecule has 0 aliphatic heterocycles. The smallest absolute Gasteiger partial charge is 0.273 e. The maximum Gasteiger partial charge on any atom is 0.273 e. The molecule has 1 heterocycles. The largest absolute Gasteiger partial charge is 0.338 e. The van der Waals surface area contributed by atoms with Gasteiger partial charge in [0.15, 0.2) is 0 Å². The van der Waals surface area contributed by atoms with Crippen LogP contribution in [0.1, 0.15) is 46.0 Å². The molecule has 2 aromatic carbocycles. The van der Waals surface area contributed by atoms with Crippen LogP contribution in [0.4, 0.5) is 4.39 Å². The normalized spacial score (nSPS) is 11.1. The summed E-state index contributed by atoms with van der Waals surface area (Å²) in [4.78, 5) is 21.2. The first kappa shape index (κ1) is 22.1. The molecule has 1 aromatic heterocycles. The number of aromatic nitrogens is 1. The van der Waals surface area contributed by atoms with Gasteiger partial charge in [0.05, 0.1) is 6.54 Å². The highest BCUT2D eigenvalue weighted by Crippen LogP contribution is 2.19. The summed E-state index contributed by atoms with van der Waals surface area (Å²) in [6, 6.07) is 15.1. The molecular weight excluding hydrogens is 397 g/mol. The Kier molecular flexibility index (Phi) is 7.71. The predicted molar refractivity (Wildman–Crippen MR) is 120 cm³/mol. The van der Waals surface area contributed by atoms with Crippen molar-refractivity contribution in [1.82, 2.24) is 14.8 Å². The third kappa shape index (κ3) is 5.97. The van der Waals surface area contributed by atoms with Crippen molar-refractivity contribution in [1.29, 1.82) is 0 Å². The van der Waals surface area contributed by atoms with E-state index < -0.39 is 0 Å². The molecule has 0 bridgehead atoms. The Hall–Kier alpha value is -2.57. The van der Waals surface area contributed by atoms with E-state index in [4.69, 9.17) is 0 Å². The van der Waals surface area contributed by atoms with E-state index in [-0.39, 0.29) is 11.7 Å². The molecule has 3 aromatic rings. The molecule has 0 radical (unpaired) electrons. The van der Waals surface area contributed by atoms with Crippen molar-refractivity contribution >= 4 is 17.2 Å². The quantitative estimate of drug-likeness (QED) is 0.468. The summed E-state index contributed by atoms with van der Waals surface area (Å²) >= 11 is 1.51. The van der Waals surface area contributed by atoms with Gasteiger partial charge in [0, 0.05) is 31.6 Å². The Bertz CT molecular complexity index is 902. The zero-order valence-corrected chi connectivity index (χ0v) is 18.6. The van der Waals surface area contributed by atoms with Gasteiger partial charge in [-0.2, -0.15) is 0 Å². The molecule has 0 fully saturated rings. The maximum atomic E-state index is 13.3. The number of nitrogens with zero attached hydrogens (tertiary/aromatic N) is 3. The lowest BCUT2D eigenvalue weighted by molar-refractivity contribution is 0.0767. The number of hydrogen-bond acceptors (Lipinski definition) is 4. The standard InChI is InChI=1S/C24H28FN3OS/c1-4-28(5-2)24(29)22-17-30-23(26-22)16-27(14-19-8-6-18(3)7-9-19)15-20-10-12-21(25)13-11-20/h6-13,17H,4-5,14-16H2,1-3H3. The van der Waals surface area contributed by atoms with Gasteiger partial charge in [0.25, 0.3) is 5.91 Å². The van der Waals surface area contributed by atoms with E-state index in [9.17, 15) is 9.18 Å². The van der Waals surface area contributed by atoms with Crippen molar-refractivity contribution in [3.63, 3.8) is 0 Å². The number of amides is 1. The summed E-state index contributed by atoms with van der Waals surface area (Å²) in [5.74, 6) is -0.255. The first-order valence-corrected chi connectivity index (χ1v) is 11.1. The van der Waals surface area contributed by atoms with Gasteiger partial charge < -0.3 is 4.90 Å². The number of carbonyl (C=O) groups is 1. The molecule has 0 unspecified atom stereocenters. The van der Waals surface area contributed by atoms with Gasteiger partial charge in [-0.05, 0) is 44.0 Å². The molecule has 4 nitrogen and oxygen atoms in total. The third-order valence-electron chi connectivity index (χ3n) is 5.03. The van der Waals surface area contributed by atoms with Gasteiger partial charge in [-0.25, -0.2) is 9.37 Å². The van der Waals surface area contributed by atoms with Crippen LogP contribution in [0.3, 0.4) is 0 Å². The summed E-state index contributed by atoms with van der Waals surface area (Å²) in [5, 5.41) is 2.75. The van der Waals surface area contributed by atoms with Crippen LogP contribution in [-0.4, -0.2) is 33.8 Å². The van der Waals surface area contributed by atoms with Crippen LogP contribution in [0.2, 0.25) is 0 Å². The first-order chi connectivity index (χ1) is 14.5. The molecule has 158 valence electrons. The molecule has 0 aliphatic carbocycles. The molecule has 3 rings (SSSR count). The Balaban J connectivity index is 1.77. The Morgan fingerprint density at radius 1 is 0.933 bits per heavy atom. The molecule has 6 heteroatoms. The van der Waals surface area contributed by atoms with Gasteiger partial charge in [-0.1, -0.05) is 42.0 Å². The fourth-order valence-electron chi connectivity index (χ4n) is 3.31. The molecule has 30 heavy (non-hydrogen) atoms. The zero-order chi connectivity index (χ0) is 21.5. The van der Waals surface area contributed by atoms with Crippen molar-refractivity contribution < 1.29 is 9.18 Å². The van der Waals surface area contributed by atoms with E-state index in [0.717, 1.165) is 17.1 Å². The van der Waals surface area contributed by atoms with Gasteiger partial charge in [0.1, 0.15) is 16.5 Å². The SMILES string of the molecule is CCN(CC)C(=O)c1csc(CN(Cc2ccc(C)cc2)Cc2ccc(F)cc2)n1. The highest BCUT2D eigenvalue weighted by atomic mass is 32.1. The molecule has 0 N–H and O–H groups in total. The lowest BCUT2D eigenvalue weighted by Gasteiger charge is -2.22. The first-order valence-electron chi connectivity index (χ1n) is 10.2. The van der Waals surface area contributed by atoms with Crippen LogP contribution in [0.15, 0.2) is 53.9 Å². The Labute approximate surface area is 182 Å². The van der Waals surface area contributed by atoms with Crippen LogP contribution >= 0.6 is 11.3 Å². The van der Waals surface area contributed by atoms with E-state index in [1.165, 1.54) is 34.6 Å². The number of aryl methyl sites for hydroxylation is 1. The van der Waals surface area contributed by atoms with E-state index in [2.05, 4.69) is 41.1 Å². The van der Waals surface area contributed by atoms with E-state index >= 15 is 0 Å². The highest BCUT2D eigenvalue weighted by molar-refractivity contribution is 7.09. The topological polar surface area (TPSA) is 36.4 Å². The zero-order valence-electron chi connectivity index (χ0n) is 17.8. The number of thiazole rings is 1. The van der Waals surface area contributed by atoms with Crippen LogP contribution in [0.25, 0.3) is 0 Å². The summed E-state index contributed by atoms with van der Waals surface area (Å²) in [6.45, 7) is 9.41. The minimum atomic E-state index is -0.233. The summed E-state index contributed by atoms with van der Waals surface area (Å²) < 4.78 is 13.3. The number of hydrogen-bond donors (Lipinski definition) is 0. The van der Waals surface area contributed by atoms with Crippen LogP contribution in [0, 0.1) is 12.7 Å². The van der Waals surface area contributed by atoms with Crippen LogP contribution in [0.5, 0.6) is 0 Å². The van der Waals surface area contributed by atoms with Gasteiger partial charge in [-0.15, -0.1) is 11.3 Å². The number of halogens is 1. The lowest BCUT2D eigenvalue weighted by atomic mass is 10.1. The molecule has 0 spiro atoms. The van der Waals surface area contributed by atoms with Crippen LogP contribution in [-0.2, 0) is 19.6 Å². The summed E-state index contributed by atoms with van der Waals surface area (Å²) in [5.41, 5.74) is 3.98. The summed E-state index contributed by atoms with van der Waals surface area (Å²) in [7, 11) is 0. The average Bonchev–Trinajstić information content (AvgIpc) is 3.20. The van der Waals surface area contributed by atoms with E-state index in [0.29, 0.717) is 31.9 Å². The number of rotatable bonds is 9. The molecule has 0 saturated carbocycles. The third-order valence-corrected chi connectivity index (χ3v) is 5.86. The molecule has 1 amide bonds. The second kappa shape index (κ2) is 10.5. The summed E-state index contributed by atoms with van der Waals surface area (Å²) in [6.07, 6.45) is 0. The van der Waals surface area contributed by atoms with Crippen molar-refractivity contribution in [3.05, 3.63) is 87.1 Å². The van der Waals surface area contributed by atoms with Crippen molar-refractivity contribution in [2.75, 3.05) is 13.1 Å². The van der Waals surface area contributed by atoms with Gasteiger partial charge in [0.2, 0.25) is 0 Å². The lowest BCUT2D eigenvalue weighted by Crippen LogP contribution is -2.30. The Morgan fingerprint density at radius 2 is 1.50 bits per heavy atom. The number of benzene rings is 2.